The number of carbonyl (C=O) groups is 2. The number of aromatic hydroxyl groups is 2. The van der Waals surface area contributed by atoms with Crippen LogP contribution >= 0.6 is 45.2 Å². The van der Waals surface area contributed by atoms with Gasteiger partial charge in [-0.15, -0.1) is 0 Å². The summed E-state index contributed by atoms with van der Waals surface area (Å²) in [6.07, 6.45) is 0.732. The molecule has 0 radical (unpaired) electrons. The number of aliphatic carboxylic acids is 1. The Morgan fingerprint density at radius 2 is 1.58 bits per heavy atom. The SMILES string of the molecule is O=C(CCc1cc(I)c(O)c(I)c1)N[C@@H](Cc1ccc(O)cc1)C(=O)O. The van der Waals surface area contributed by atoms with E-state index in [-0.39, 0.29) is 30.2 Å². The first-order valence-corrected chi connectivity index (χ1v) is 9.89. The van der Waals surface area contributed by atoms with Crippen molar-refractivity contribution in [3.63, 3.8) is 0 Å². The normalized spacial score (nSPS) is 11.8. The lowest BCUT2D eigenvalue weighted by Crippen LogP contribution is -2.42. The van der Waals surface area contributed by atoms with Gasteiger partial charge in [-0.05, 0) is 87.0 Å². The second kappa shape index (κ2) is 9.40. The van der Waals surface area contributed by atoms with E-state index in [0.717, 1.165) is 5.56 Å². The molecule has 1 atom stereocenters. The van der Waals surface area contributed by atoms with E-state index in [0.29, 0.717) is 19.1 Å². The Morgan fingerprint density at radius 3 is 2.12 bits per heavy atom. The van der Waals surface area contributed by atoms with E-state index >= 15 is 0 Å². The first-order chi connectivity index (χ1) is 12.3. The van der Waals surface area contributed by atoms with Crippen molar-refractivity contribution < 1.29 is 24.9 Å². The van der Waals surface area contributed by atoms with Gasteiger partial charge in [0.05, 0.1) is 7.14 Å². The molecule has 0 aliphatic rings. The van der Waals surface area contributed by atoms with Crippen LogP contribution in [0, 0.1) is 7.14 Å². The number of carboxylic acids is 1. The minimum atomic E-state index is -1.11. The number of nitrogens with one attached hydrogen (secondary N) is 1. The number of hydrogen-bond donors (Lipinski definition) is 4. The van der Waals surface area contributed by atoms with Crippen molar-refractivity contribution in [1.29, 1.82) is 0 Å². The van der Waals surface area contributed by atoms with Crippen LogP contribution in [-0.2, 0) is 22.4 Å². The summed E-state index contributed by atoms with van der Waals surface area (Å²) >= 11 is 4.05. The number of halogens is 2. The maximum Gasteiger partial charge on any atom is 0.326 e. The van der Waals surface area contributed by atoms with Gasteiger partial charge in [0.25, 0.3) is 0 Å². The van der Waals surface area contributed by atoms with E-state index in [1.807, 2.05) is 45.2 Å². The van der Waals surface area contributed by atoms with Crippen LogP contribution in [0.5, 0.6) is 11.5 Å². The monoisotopic (exact) mass is 581 g/mol. The van der Waals surface area contributed by atoms with Gasteiger partial charge in [0.1, 0.15) is 17.5 Å². The second-order valence-electron chi connectivity index (χ2n) is 5.74. The predicted molar refractivity (Wildman–Crippen MR) is 113 cm³/mol. The molecule has 2 aromatic rings. The third-order valence-electron chi connectivity index (χ3n) is 3.73. The number of aryl methyl sites for hydroxylation is 1. The zero-order valence-electron chi connectivity index (χ0n) is 13.6. The fraction of sp³-hybridized carbons (Fsp3) is 0.222. The molecule has 0 heterocycles. The molecule has 0 unspecified atom stereocenters. The Hall–Kier alpha value is -1.56. The summed E-state index contributed by atoms with van der Waals surface area (Å²) in [4.78, 5) is 23.6. The largest absolute Gasteiger partial charge is 0.508 e. The average Bonchev–Trinajstić information content (AvgIpc) is 2.59. The zero-order chi connectivity index (χ0) is 19.3. The molecule has 0 aliphatic carbocycles. The zero-order valence-corrected chi connectivity index (χ0v) is 17.9. The quantitative estimate of drug-likeness (QED) is 0.377. The molecule has 138 valence electrons. The highest BCUT2D eigenvalue weighted by Crippen LogP contribution is 2.27. The molecule has 2 aromatic carbocycles. The number of carboxylic acid groups (broad SMARTS) is 1. The molecule has 8 heteroatoms. The molecular formula is C18H17I2NO5. The maximum absolute atomic E-state index is 12.1. The highest BCUT2D eigenvalue weighted by molar-refractivity contribution is 14.1. The molecule has 0 aliphatic heterocycles. The van der Waals surface area contributed by atoms with Gasteiger partial charge >= 0.3 is 5.97 Å². The Kier molecular flexibility index (Phi) is 7.50. The summed E-state index contributed by atoms with van der Waals surface area (Å²) in [6, 6.07) is 8.77. The maximum atomic E-state index is 12.1. The molecule has 0 bridgehead atoms. The molecular weight excluding hydrogens is 564 g/mol. The van der Waals surface area contributed by atoms with E-state index in [9.17, 15) is 24.9 Å². The summed E-state index contributed by atoms with van der Waals surface area (Å²) in [5.74, 6) is -1.14. The van der Waals surface area contributed by atoms with Gasteiger partial charge in [0.2, 0.25) is 5.91 Å². The van der Waals surface area contributed by atoms with Crippen LogP contribution in [0.25, 0.3) is 0 Å². The minimum Gasteiger partial charge on any atom is -0.508 e. The Morgan fingerprint density at radius 1 is 1.00 bits per heavy atom. The van der Waals surface area contributed by atoms with Crippen molar-refractivity contribution >= 4 is 57.1 Å². The van der Waals surface area contributed by atoms with Crippen LogP contribution in [0.4, 0.5) is 0 Å². The van der Waals surface area contributed by atoms with E-state index < -0.39 is 12.0 Å². The third kappa shape index (κ3) is 6.01. The molecule has 0 fully saturated rings. The highest BCUT2D eigenvalue weighted by Gasteiger charge is 2.20. The molecule has 2 rings (SSSR count). The molecule has 0 saturated carbocycles. The number of phenols is 2. The van der Waals surface area contributed by atoms with Gasteiger partial charge in [-0.3, -0.25) is 4.79 Å². The van der Waals surface area contributed by atoms with E-state index in [1.165, 1.54) is 12.1 Å². The number of amides is 1. The van der Waals surface area contributed by atoms with Crippen LogP contribution in [0.1, 0.15) is 17.5 Å². The Labute approximate surface area is 177 Å². The summed E-state index contributed by atoms with van der Waals surface area (Å²) in [7, 11) is 0. The predicted octanol–water partition coefficient (Wildman–Crippen LogP) is 3.05. The first-order valence-electron chi connectivity index (χ1n) is 7.73. The molecule has 0 saturated heterocycles. The lowest BCUT2D eigenvalue weighted by Gasteiger charge is -2.15. The lowest BCUT2D eigenvalue weighted by molar-refractivity contribution is -0.141. The molecule has 26 heavy (non-hydrogen) atoms. The average molecular weight is 581 g/mol. The van der Waals surface area contributed by atoms with Crippen LogP contribution in [0.3, 0.4) is 0 Å². The summed E-state index contributed by atoms with van der Waals surface area (Å²) in [6.45, 7) is 0. The fourth-order valence-electron chi connectivity index (χ4n) is 2.35. The number of phenolic OH excluding ortho intramolecular Hbond substituents is 2. The first kappa shape index (κ1) is 20.7. The molecule has 0 spiro atoms. The number of rotatable bonds is 7. The van der Waals surface area contributed by atoms with Crippen molar-refractivity contribution in [3.8, 4) is 11.5 Å². The van der Waals surface area contributed by atoms with Crippen molar-refractivity contribution in [2.45, 2.75) is 25.3 Å². The number of carbonyl (C=O) groups excluding carboxylic acids is 1. The van der Waals surface area contributed by atoms with Crippen LogP contribution in [0.15, 0.2) is 36.4 Å². The van der Waals surface area contributed by atoms with Crippen molar-refractivity contribution in [3.05, 3.63) is 54.7 Å². The van der Waals surface area contributed by atoms with Gasteiger partial charge in [0, 0.05) is 12.8 Å². The highest BCUT2D eigenvalue weighted by atomic mass is 127. The van der Waals surface area contributed by atoms with Crippen molar-refractivity contribution in [1.82, 2.24) is 5.32 Å². The van der Waals surface area contributed by atoms with E-state index in [4.69, 9.17) is 0 Å². The fourth-order valence-corrected chi connectivity index (χ4v) is 4.25. The van der Waals surface area contributed by atoms with Gasteiger partial charge in [-0.1, -0.05) is 12.1 Å². The summed E-state index contributed by atoms with van der Waals surface area (Å²) < 4.78 is 1.42. The number of benzene rings is 2. The van der Waals surface area contributed by atoms with Gasteiger partial charge in [0.15, 0.2) is 0 Å². The van der Waals surface area contributed by atoms with Crippen LogP contribution in [-0.4, -0.2) is 33.2 Å². The topological polar surface area (TPSA) is 107 Å². The van der Waals surface area contributed by atoms with E-state index in [1.54, 1.807) is 24.3 Å². The Bertz CT molecular complexity index is 785. The van der Waals surface area contributed by atoms with Crippen molar-refractivity contribution in [2.24, 2.45) is 0 Å². The van der Waals surface area contributed by atoms with Crippen LogP contribution in [0.2, 0.25) is 0 Å². The van der Waals surface area contributed by atoms with Gasteiger partial charge in [-0.2, -0.15) is 0 Å². The van der Waals surface area contributed by atoms with Crippen molar-refractivity contribution in [2.75, 3.05) is 0 Å². The number of hydrogen-bond acceptors (Lipinski definition) is 4. The smallest absolute Gasteiger partial charge is 0.326 e. The standard InChI is InChI=1S/C18H17I2NO5/c19-13-7-11(8-14(20)17(13)24)3-6-16(23)21-15(18(25)26)9-10-1-4-12(22)5-2-10/h1-2,4-5,7-8,15,22,24H,3,6,9H2,(H,21,23)(H,25,26)/t15-/m0/s1. The third-order valence-corrected chi connectivity index (χ3v) is 5.37. The van der Waals surface area contributed by atoms with Gasteiger partial charge < -0.3 is 20.6 Å². The molecule has 0 aromatic heterocycles. The lowest BCUT2D eigenvalue weighted by atomic mass is 10.0. The minimum absolute atomic E-state index is 0.0998. The van der Waals surface area contributed by atoms with Crippen LogP contribution < -0.4 is 5.32 Å². The summed E-state index contributed by atoms with van der Waals surface area (Å²) in [5.41, 5.74) is 1.61. The van der Waals surface area contributed by atoms with E-state index in [2.05, 4.69) is 5.32 Å². The molecule has 6 nitrogen and oxygen atoms in total. The summed E-state index contributed by atoms with van der Waals surface area (Å²) in [5, 5.41) is 30.9. The Balaban J connectivity index is 1.95. The molecule has 4 N–H and O–H groups in total. The second-order valence-corrected chi connectivity index (χ2v) is 8.06. The van der Waals surface area contributed by atoms with Gasteiger partial charge in [-0.25, -0.2) is 4.79 Å². The molecule has 1 amide bonds.